The molecule has 1 unspecified atom stereocenters. The lowest BCUT2D eigenvalue weighted by atomic mass is 10.1. The van der Waals surface area contributed by atoms with Gasteiger partial charge in [-0.3, -0.25) is 4.79 Å². The monoisotopic (exact) mass is 256 g/mol. The third-order valence-corrected chi connectivity index (χ3v) is 3.03. The van der Waals surface area contributed by atoms with Gasteiger partial charge in [-0.15, -0.1) is 0 Å². The van der Waals surface area contributed by atoms with E-state index in [2.05, 4.69) is 9.82 Å². The molecule has 1 heterocycles. The van der Waals surface area contributed by atoms with Gasteiger partial charge >= 0.3 is 0 Å². The van der Waals surface area contributed by atoms with Crippen LogP contribution in [0.25, 0.3) is 10.9 Å². The quantitative estimate of drug-likeness (QED) is 0.812. The Morgan fingerprint density at radius 1 is 1.38 bits per heavy atom. The number of benzene rings is 1. The highest BCUT2D eigenvalue weighted by atomic mass is 35.5. The highest BCUT2D eigenvalue weighted by molar-refractivity contribution is 6.31. The van der Waals surface area contributed by atoms with Crippen LogP contribution in [0.1, 0.15) is 18.5 Å². The molecule has 5 heteroatoms. The molecular formula is C11H10Cl2N2O. The van der Waals surface area contributed by atoms with Crippen molar-refractivity contribution in [2.75, 3.05) is 0 Å². The Morgan fingerprint density at radius 2 is 2.12 bits per heavy atom. The molecule has 0 bridgehead atoms. The molecule has 1 aromatic heterocycles. The predicted octanol–water partition coefficient (Wildman–Crippen LogP) is 2.99. The van der Waals surface area contributed by atoms with Gasteiger partial charge < -0.3 is 4.98 Å². The molecule has 2 N–H and O–H groups in total. The fourth-order valence-electron chi connectivity index (χ4n) is 1.57. The first-order chi connectivity index (χ1) is 7.61. The Bertz CT molecular complexity index is 580. The van der Waals surface area contributed by atoms with Gasteiger partial charge in [0.1, 0.15) is 0 Å². The van der Waals surface area contributed by atoms with Crippen molar-refractivity contribution < 1.29 is 0 Å². The average molecular weight is 257 g/mol. The second kappa shape index (κ2) is 4.45. The molecule has 3 nitrogen and oxygen atoms in total. The van der Waals surface area contributed by atoms with Crippen molar-refractivity contribution in [3.8, 4) is 0 Å². The van der Waals surface area contributed by atoms with Crippen molar-refractivity contribution in [1.82, 2.24) is 9.82 Å². The number of halogens is 2. The zero-order valence-electron chi connectivity index (χ0n) is 8.55. The van der Waals surface area contributed by atoms with Crippen LogP contribution < -0.4 is 10.4 Å². The van der Waals surface area contributed by atoms with E-state index in [-0.39, 0.29) is 11.6 Å². The number of rotatable bonds is 2. The van der Waals surface area contributed by atoms with E-state index < -0.39 is 0 Å². The first-order valence-corrected chi connectivity index (χ1v) is 5.56. The molecule has 1 aromatic carbocycles. The maximum Gasteiger partial charge on any atom is 0.253 e. The SMILES string of the molecule is CC(NCl)c1cc2cc(Cl)ccc2[nH]c1=O. The van der Waals surface area contributed by atoms with Gasteiger partial charge in [-0.25, -0.2) is 4.84 Å². The molecule has 0 aliphatic rings. The topological polar surface area (TPSA) is 44.9 Å². The third kappa shape index (κ3) is 2.07. The minimum atomic E-state index is -0.214. The number of H-pyrrole nitrogens is 1. The van der Waals surface area contributed by atoms with Gasteiger partial charge in [-0.2, -0.15) is 0 Å². The molecule has 0 radical (unpaired) electrons. The summed E-state index contributed by atoms with van der Waals surface area (Å²) >= 11 is 11.4. The summed E-state index contributed by atoms with van der Waals surface area (Å²) in [6.45, 7) is 1.81. The lowest BCUT2D eigenvalue weighted by Crippen LogP contribution is -2.19. The molecule has 2 rings (SSSR count). The van der Waals surface area contributed by atoms with Crippen molar-refractivity contribution in [3.05, 3.63) is 45.2 Å². The van der Waals surface area contributed by atoms with Crippen molar-refractivity contribution in [1.29, 1.82) is 0 Å². The van der Waals surface area contributed by atoms with Crippen LogP contribution in [0.5, 0.6) is 0 Å². The maximum absolute atomic E-state index is 11.7. The lowest BCUT2D eigenvalue weighted by molar-refractivity contribution is 0.735. The molecule has 0 amide bonds. The molecule has 16 heavy (non-hydrogen) atoms. The van der Waals surface area contributed by atoms with Crippen molar-refractivity contribution >= 4 is 34.3 Å². The van der Waals surface area contributed by atoms with Crippen LogP contribution in [0.2, 0.25) is 5.02 Å². The van der Waals surface area contributed by atoms with Gasteiger partial charge in [-0.05, 0) is 43.0 Å². The summed E-state index contributed by atoms with van der Waals surface area (Å²) < 4.78 is 0. The number of nitrogens with one attached hydrogen (secondary N) is 2. The summed E-state index contributed by atoms with van der Waals surface area (Å²) in [5, 5.41) is 1.53. The van der Waals surface area contributed by atoms with E-state index in [4.69, 9.17) is 23.4 Å². The van der Waals surface area contributed by atoms with Gasteiger partial charge in [0.15, 0.2) is 0 Å². The van der Waals surface area contributed by atoms with Crippen molar-refractivity contribution in [2.24, 2.45) is 0 Å². The Labute approximate surface area is 102 Å². The predicted molar refractivity (Wildman–Crippen MR) is 67.0 cm³/mol. The average Bonchev–Trinajstić information content (AvgIpc) is 2.28. The molecule has 84 valence electrons. The first-order valence-electron chi connectivity index (χ1n) is 4.80. The summed E-state index contributed by atoms with van der Waals surface area (Å²) in [6.07, 6.45) is 0. The summed E-state index contributed by atoms with van der Waals surface area (Å²) in [6, 6.07) is 6.90. The molecule has 0 spiro atoms. The minimum absolute atomic E-state index is 0.143. The van der Waals surface area contributed by atoms with E-state index in [0.717, 1.165) is 10.9 Å². The standard InChI is InChI=1S/C11H10Cl2N2O/c1-6(15-13)9-5-7-4-8(12)2-3-10(7)14-11(9)16/h2-6,15H,1H3,(H,14,16). The van der Waals surface area contributed by atoms with E-state index in [0.29, 0.717) is 10.6 Å². The van der Waals surface area contributed by atoms with Gasteiger partial charge in [-0.1, -0.05) is 11.6 Å². The summed E-state index contributed by atoms with van der Waals surface area (Å²) in [5.41, 5.74) is 1.21. The third-order valence-electron chi connectivity index (χ3n) is 2.47. The molecule has 0 saturated carbocycles. The minimum Gasteiger partial charge on any atom is -0.322 e. The molecular weight excluding hydrogens is 247 g/mol. The molecule has 0 saturated heterocycles. The van der Waals surface area contributed by atoms with Crippen LogP contribution in [0.3, 0.4) is 0 Å². The first kappa shape index (κ1) is 11.5. The largest absolute Gasteiger partial charge is 0.322 e. The fraction of sp³-hybridized carbons (Fsp3) is 0.182. The molecule has 0 fully saturated rings. The second-order valence-corrected chi connectivity index (χ2v) is 4.27. The molecule has 0 aliphatic carbocycles. The van der Waals surface area contributed by atoms with E-state index in [1.165, 1.54) is 0 Å². The maximum atomic E-state index is 11.7. The zero-order valence-corrected chi connectivity index (χ0v) is 10.1. The van der Waals surface area contributed by atoms with Gasteiger partial charge in [0, 0.05) is 27.5 Å². The highest BCUT2D eigenvalue weighted by Crippen LogP contribution is 2.19. The normalized spacial score (nSPS) is 12.9. The van der Waals surface area contributed by atoms with Gasteiger partial charge in [0.05, 0.1) is 0 Å². The van der Waals surface area contributed by atoms with Crippen LogP contribution in [0.4, 0.5) is 0 Å². The smallest absolute Gasteiger partial charge is 0.253 e. The van der Waals surface area contributed by atoms with Crippen LogP contribution in [0, 0.1) is 0 Å². The number of aromatic amines is 1. The van der Waals surface area contributed by atoms with Crippen LogP contribution in [-0.4, -0.2) is 4.98 Å². The van der Waals surface area contributed by atoms with Crippen LogP contribution in [-0.2, 0) is 0 Å². The molecule has 2 aromatic rings. The van der Waals surface area contributed by atoms with Crippen molar-refractivity contribution in [2.45, 2.75) is 13.0 Å². The lowest BCUT2D eigenvalue weighted by Gasteiger charge is -2.08. The van der Waals surface area contributed by atoms with Crippen LogP contribution in [0.15, 0.2) is 29.1 Å². The van der Waals surface area contributed by atoms with Crippen LogP contribution >= 0.6 is 23.4 Å². The fourth-order valence-corrected chi connectivity index (χ4v) is 1.87. The second-order valence-electron chi connectivity index (χ2n) is 3.62. The molecule has 0 aliphatic heterocycles. The highest BCUT2D eigenvalue weighted by Gasteiger charge is 2.09. The zero-order chi connectivity index (χ0) is 11.7. The Morgan fingerprint density at radius 3 is 2.81 bits per heavy atom. The number of hydrogen-bond acceptors (Lipinski definition) is 2. The van der Waals surface area contributed by atoms with E-state index in [1.54, 1.807) is 24.3 Å². The van der Waals surface area contributed by atoms with E-state index >= 15 is 0 Å². The van der Waals surface area contributed by atoms with E-state index in [9.17, 15) is 4.79 Å². The number of hydrogen-bond donors (Lipinski definition) is 2. The van der Waals surface area contributed by atoms with Crippen molar-refractivity contribution in [3.63, 3.8) is 0 Å². The number of fused-ring (bicyclic) bond motifs is 1. The Balaban J connectivity index is 2.69. The number of aromatic nitrogens is 1. The number of pyridine rings is 1. The molecule has 1 atom stereocenters. The van der Waals surface area contributed by atoms with Gasteiger partial charge in [0.2, 0.25) is 0 Å². The summed E-state index contributed by atoms with van der Waals surface area (Å²) in [7, 11) is 0. The Hall–Kier alpha value is -1.03. The summed E-state index contributed by atoms with van der Waals surface area (Å²) in [4.78, 5) is 17.0. The van der Waals surface area contributed by atoms with E-state index in [1.807, 2.05) is 6.92 Å². The van der Waals surface area contributed by atoms with Gasteiger partial charge in [0.25, 0.3) is 5.56 Å². The summed E-state index contributed by atoms with van der Waals surface area (Å²) in [5.74, 6) is 0. The Kier molecular flexibility index (Phi) is 3.19.